The van der Waals surface area contributed by atoms with Crippen LogP contribution in [0.5, 0.6) is 5.75 Å². The monoisotopic (exact) mass is 951 g/mol. The molecule has 3 fully saturated rings. The molecular formula is C49H65N11O9. The lowest BCUT2D eigenvalue weighted by atomic mass is 10.0. The number of likely N-dealkylation sites (N-methyl/N-ethyl adjacent to an activating group) is 1. The van der Waals surface area contributed by atoms with Gasteiger partial charge in [-0.15, -0.1) is 0 Å². The Morgan fingerprint density at radius 2 is 1.75 bits per heavy atom. The van der Waals surface area contributed by atoms with Crippen LogP contribution in [-0.2, 0) is 35.2 Å². The Bertz CT molecular complexity index is 2390. The van der Waals surface area contributed by atoms with E-state index in [0.29, 0.717) is 78.2 Å². The number of hydrogen-bond donors (Lipinski definition) is 4. The Morgan fingerprint density at radius 3 is 2.49 bits per heavy atom. The lowest BCUT2D eigenvalue weighted by Gasteiger charge is -2.43. The van der Waals surface area contributed by atoms with Crippen molar-refractivity contribution in [3.63, 3.8) is 0 Å². The molecule has 6 amide bonds. The number of nitrogens with zero attached hydrogens (tertiary/aromatic N) is 7. The fourth-order valence-corrected chi connectivity index (χ4v) is 10.1. The minimum Gasteiger partial charge on any atom is -0.495 e. The number of aromatic nitrogens is 2. The van der Waals surface area contributed by atoms with E-state index in [9.17, 15) is 28.8 Å². The molecule has 370 valence electrons. The zero-order chi connectivity index (χ0) is 48.6. The topological polar surface area (TPSA) is 220 Å². The van der Waals surface area contributed by atoms with Crippen molar-refractivity contribution >= 4 is 64.3 Å². The molecule has 0 bridgehead atoms. The van der Waals surface area contributed by atoms with E-state index in [4.69, 9.17) is 19.2 Å². The Hall–Kier alpha value is -6.22. The summed E-state index contributed by atoms with van der Waals surface area (Å²) in [5.74, 6) is 0.0626. The quantitative estimate of drug-likeness (QED) is 0.0722. The van der Waals surface area contributed by atoms with E-state index in [0.717, 1.165) is 64.0 Å². The molecule has 20 nitrogen and oxygen atoms in total. The van der Waals surface area contributed by atoms with Crippen molar-refractivity contribution in [1.29, 1.82) is 0 Å². The molecule has 1 aliphatic carbocycles. The van der Waals surface area contributed by atoms with Gasteiger partial charge in [-0.1, -0.05) is 25.8 Å². The van der Waals surface area contributed by atoms with Crippen LogP contribution >= 0.6 is 0 Å². The summed E-state index contributed by atoms with van der Waals surface area (Å²) in [5, 5.41) is 11.8. The minimum absolute atomic E-state index is 0.0158. The van der Waals surface area contributed by atoms with E-state index in [-0.39, 0.29) is 80.3 Å². The van der Waals surface area contributed by atoms with Crippen molar-refractivity contribution in [2.45, 2.75) is 102 Å². The Kier molecular flexibility index (Phi) is 16.0. The van der Waals surface area contributed by atoms with Crippen molar-refractivity contribution in [2.24, 2.45) is 0 Å². The molecule has 4 N–H and O–H groups in total. The molecule has 5 heterocycles. The number of rotatable bonds is 20. The van der Waals surface area contributed by atoms with Crippen LogP contribution in [0.15, 0.2) is 42.6 Å². The van der Waals surface area contributed by atoms with E-state index < -0.39 is 11.9 Å². The maximum atomic E-state index is 13.5. The average molecular weight is 952 g/mol. The molecule has 0 radical (unpaired) electrons. The number of anilines is 5. The zero-order valence-electron chi connectivity index (χ0n) is 40.1. The fourth-order valence-electron chi connectivity index (χ4n) is 10.1. The number of carbonyl (C=O) groups is 6. The van der Waals surface area contributed by atoms with Gasteiger partial charge in [-0.2, -0.15) is 4.98 Å². The van der Waals surface area contributed by atoms with Crippen LogP contribution < -0.4 is 35.8 Å². The second kappa shape index (κ2) is 22.5. The number of likely N-dealkylation sites (tertiary alicyclic amines) is 1. The van der Waals surface area contributed by atoms with Crippen LogP contribution in [0, 0.1) is 0 Å². The summed E-state index contributed by atoms with van der Waals surface area (Å²) in [6.45, 7) is 8.52. The maximum Gasteiger partial charge on any atom is 0.255 e. The first-order chi connectivity index (χ1) is 33.5. The Balaban J connectivity index is 0.766. The van der Waals surface area contributed by atoms with Gasteiger partial charge in [-0.25, -0.2) is 4.98 Å². The molecule has 2 atom stereocenters. The smallest absolute Gasteiger partial charge is 0.255 e. The molecule has 1 aromatic heterocycles. The number of nitrogens with one attached hydrogen (secondary N) is 4. The minimum atomic E-state index is -0.747. The lowest BCUT2D eigenvalue weighted by Crippen LogP contribution is -2.55. The molecule has 8 rings (SSSR count). The second-order valence-electron chi connectivity index (χ2n) is 18.3. The van der Waals surface area contributed by atoms with Crippen LogP contribution in [0.4, 0.5) is 28.8 Å². The maximum absolute atomic E-state index is 13.5. The number of hydrogen-bond acceptors (Lipinski definition) is 15. The highest BCUT2D eigenvalue weighted by molar-refractivity contribution is 6.07. The van der Waals surface area contributed by atoms with Gasteiger partial charge >= 0.3 is 0 Å². The number of benzene rings is 2. The summed E-state index contributed by atoms with van der Waals surface area (Å²) in [7, 11) is 3.34. The van der Waals surface area contributed by atoms with Crippen LogP contribution in [0.1, 0.15) is 97.9 Å². The third-order valence-electron chi connectivity index (χ3n) is 13.9. The number of piperidine rings is 2. The van der Waals surface area contributed by atoms with E-state index in [1.165, 1.54) is 4.90 Å². The molecule has 1 saturated carbocycles. The highest BCUT2D eigenvalue weighted by Gasteiger charge is 2.42. The fraction of sp³-hybridized carbons (Fsp3) is 0.551. The van der Waals surface area contributed by atoms with E-state index >= 15 is 0 Å². The molecule has 3 aromatic rings. The normalized spacial score (nSPS) is 20.0. The number of methoxy groups -OCH3 is 1. The highest BCUT2D eigenvalue weighted by atomic mass is 16.5. The van der Waals surface area contributed by atoms with E-state index in [1.807, 2.05) is 18.7 Å². The van der Waals surface area contributed by atoms with Crippen molar-refractivity contribution in [3.8, 4) is 5.75 Å². The van der Waals surface area contributed by atoms with Gasteiger partial charge in [-0.05, 0) is 75.8 Å². The van der Waals surface area contributed by atoms with Crippen molar-refractivity contribution in [3.05, 3.63) is 59.3 Å². The average Bonchev–Trinajstić information content (AvgIpc) is 4.00. The summed E-state index contributed by atoms with van der Waals surface area (Å²) in [5.41, 5.74) is 3.35. The van der Waals surface area contributed by atoms with Gasteiger partial charge in [0.05, 0.1) is 45.5 Å². The third-order valence-corrected chi connectivity index (χ3v) is 13.9. The first-order valence-corrected chi connectivity index (χ1v) is 24.3. The Morgan fingerprint density at radius 1 is 0.957 bits per heavy atom. The number of imide groups is 1. The predicted molar refractivity (Wildman–Crippen MR) is 257 cm³/mol. The van der Waals surface area contributed by atoms with E-state index in [1.54, 1.807) is 61.7 Å². The molecule has 5 aliphatic rings. The number of carbonyl (C=O) groups excluding carboxylic acids is 6. The van der Waals surface area contributed by atoms with Gasteiger partial charge < -0.3 is 49.8 Å². The van der Waals surface area contributed by atoms with Gasteiger partial charge in [0.15, 0.2) is 5.82 Å². The number of ether oxygens (including phenoxy) is 3. The molecule has 1 unspecified atom stereocenters. The molecular weight excluding hydrogens is 887 g/mol. The first-order valence-electron chi connectivity index (χ1n) is 24.3. The van der Waals surface area contributed by atoms with Crippen molar-refractivity contribution < 1.29 is 43.0 Å². The summed E-state index contributed by atoms with van der Waals surface area (Å²) in [4.78, 5) is 96.6. The van der Waals surface area contributed by atoms with Gasteiger partial charge in [0, 0.05) is 87.3 Å². The molecule has 4 aliphatic heterocycles. The van der Waals surface area contributed by atoms with Gasteiger partial charge in [0.25, 0.3) is 11.8 Å². The van der Waals surface area contributed by atoms with Crippen molar-refractivity contribution in [1.82, 2.24) is 35.3 Å². The SMILES string of the molecule is CCOCN(CCOCCN1CCC(NC(=O)c2ccc(Nc3ncc4c(n3)N(C3CCCC3)[C@H](CC)C(=O)N4C)c(OC)c2)CC1)CC(=O)Nc1cccc2c1CN(C1CCC(=O)NC1=O)C2=O. The summed E-state index contributed by atoms with van der Waals surface area (Å²) >= 11 is 0. The highest BCUT2D eigenvalue weighted by Crippen LogP contribution is 2.41. The molecule has 2 aromatic carbocycles. The predicted octanol–water partition coefficient (Wildman–Crippen LogP) is 3.64. The largest absolute Gasteiger partial charge is 0.495 e. The molecule has 20 heteroatoms. The zero-order valence-corrected chi connectivity index (χ0v) is 40.1. The van der Waals surface area contributed by atoms with Gasteiger partial charge in [0.2, 0.25) is 29.6 Å². The summed E-state index contributed by atoms with van der Waals surface area (Å²) in [6.07, 6.45) is 8.70. The van der Waals surface area contributed by atoms with Crippen LogP contribution in [0.3, 0.4) is 0 Å². The van der Waals surface area contributed by atoms with Gasteiger partial charge in [0.1, 0.15) is 23.5 Å². The standard InChI is InChI=1S/C49H65N11O9/c1-5-38-48(66)56(3)40-27-50-49(55-44(40)60(38)33-10-7-8-11-33)53-37-15-14-31(26-41(37)67-4)45(63)51-32-18-20-57(21-19-32)22-24-69-25-23-58(30-68-6-2)29-43(62)52-36-13-9-12-34-35(36)28-59(47(34)65)39-16-17-42(61)54-46(39)64/h9,12-15,26-27,32-33,38-39H,5-8,10-11,16-25,28-30H2,1-4H3,(H,51,63)(H,52,62)(H,50,53,55)(H,54,61,64)/t38-,39?/m1/s1. The second-order valence-corrected chi connectivity index (χ2v) is 18.3. The lowest BCUT2D eigenvalue weighted by molar-refractivity contribution is -0.137. The molecule has 2 saturated heterocycles. The summed E-state index contributed by atoms with van der Waals surface area (Å²) < 4.78 is 17.4. The summed E-state index contributed by atoms with van der Waals surface area (Å²) in [6, 6.07) is 9.64. The number of amides is 6. The van der Waals surface area contributed by atoms with E-state index in [2.05, 4.69) is 36.1 Å². The molecule has 69 heavy (non-hydrogen) atoms. The first kappa shape index (κ1) is 49.2. The third kappa shape index (κ3) is 11.3. The Labute approximate surface area is 402 Å². The van der Waals surface area contributed by atoms with Crippen LogP contribution in [-0.4, -0.2) is 158 Å². The molecule has 0 spiro atoms. The number of fused-ring (bicyclic) bond motifs is 2. The van der Waals surface area contributed by atoms with Crippen LogP contribution in [0.2, 0.25) is 0 Å². The van der Waals surface area contributed by atoms with Gasteiger partial charge in [-0.3, -0.25) is 39.0 Å². The van der Waals surface area contributed by atoms with Crippen molar-refractivity contribution in [2.75, 3.05) is 93.9 Å². The van der Waals surface area contributed by atoms with Crippen LogP contribution in [0.25, 0.3) is 0 Å².